The van der Waals surface area contributed by atoms with Crippen molar-refractivity contribution in [3.8, 4) is 11.5 Å². The summed E-state index contributed by atoms with van der Waals surface area (Å²) in [6.45, 7) is 8.60. The summed E-state index contributed by atoms with van der Waals surface area (Å²) in [5, 5.41) is 3.13. The topological polar surface area (TPSA) is 67.9 Å². The monoisotopic (exact) mass is 532 g/mol. The van der Waals surface area contributed by atoms with E-state index in [0.717, 1.165) is 29.7 Å². The van der Waals surface area contributed by atoms with Crippen LogP contribution in [0.15, 0.2) is 35.2 Å². The molecule has 1 aliphatic rings. The van der Waals surface area contributed by atoms with Gasteiger partial charge in [-0.05, 0) is 62.6 Å². The fourth-order valence-electron chi connectivity index (χ4n) is 3.51. The van der Waals surface area contributed by atoms with E-state index in [1.807, 2.05) is 39.0 Å². The van der Waals surface area contributed by atoms with Crippen LogP contribution in [0.3, 0.4) is 0 Å². The van der Waals surface area contributed by atoms with Crippen molar-refractivity contribution in [1.29, 1.82) is 0 Å². The number of unbranched alkanes of at least 4 members (excludes halogenated alkanes) is 1. The molecule has 0 atom stereocenters. The Balaban J connectivity index is 1.75. The molecule has 0 saturated carbocycles. The average Bonchev–Trinajstić information content (AvgIpc) is 3.06. The van der Waals surface area contributed by atoms with Gasteiger partial charge in [0.2, 0.25) is 0 Å². The van der Waals surface area contributed by atoms with Crippen LogP contribution in [0, 0.1) is 13.8 Å². The number of thioether (sulfide) groups is 1. The standard InChI is InChI=1S/C26H29ClN2O4S2/c1-5-7-10-29-25(31)22(35-26(29)34)14-18-12-19(27)24(21(13-18)32-6-2)33-15-23(30)28-20-9-8-16(3)11-17(20)4/h8-9,11-14H,5-7,10,15H2,1-4H3,(H,28,30)/b22-14-. The number of nitrogens with zero attached hydrogens (tertiary/aromatic N) is 1. The molecule has 1 heterocycles. The zero-order valence-electron chi connectivity index (χ0n) is 20.3. The first-order chi connectivity index (χ1) is 16.7. The molecule has 6 nitrogen and oxygen atoms in total. The van der Waals surface area contributed by atoms with Crippen LogP contribution in [-0.4, -0.2) is 40.8 Å². The Bertz CT molecular complexity index is 1170. The number of carbonyl (C=O) groups is 2. The molecule has 0 unspecified atom stereocenters. The molecule has 0 bridgehead atoms. The van der Waals surface area contributed by atoms with Gasteiger partial charge in [0.05, 0.1) is 16.5 Å². The van der Waals surface area contributed by atoms with Crippen molar-refractivity contribution < 1.29 is 19.1 Å². The molecule has 0 aromatic heterocycles. The highest BCUT2D eigenvalue weighted by Crippen LogP contribution is 2.39. The molecule has 2 aromatic rings. The lowest BCUT2D eigenvalue weighted by Gasteiger charge is -2.15. The Morgan fingerprint density at radius 3 is 2.66 bits per heavy atom. The van der Waals surface area contributed by atoms with E-state index in [4.69, 9.17) is 33.3 Å². The molecular formula is C26H29ClN2O4S2. The minimum absolute atomic E-state index is 0.106. The smallest absolute Gasteiger partial charge is 0.266 e. The van der Waals surface area contributed by atoms with Crippen molar-refractivity contribution in [3.63, 3.8) is 0 Å². The minimum atomic E-state index is -0.310. The van der Waals surface area contributed by atoms with E-state index in [0.29, 0.717) is 33.7 Å². The fraction of sp³-hybridized carbons (Fsp3) is 0.346. The number of halogens is 1. The summed E-state index contributed by atoms with van der Waals surface area (Å²) in [5.41, 5.74) is 3.50. The van der Waals surface area contributed by atoms with Gasteiger partial charge in [-0.25, -0.2) is 0 Å². The van der Waals surface area contributed by atoms with E-state index in [1.54, 1.807) is 23.1 Å². The molecule has 1 fully saturated rings. The molecule has 186 valence electrons. The van der Waals surface area contributed by atoms with Crippen molar-refractivity contribution in [3.05, 3.63) is 56.9 Å². The number of nitrogens with one attached hydrogen (secondary N) is 1. The van der Waals surface area contributed by atoms with Gasteiger partial charge in [0, 0.05) is 12.2 Å². The number of hydrogen-bond donors (Lipinski definition) is 1. The Hall–Kier alpha value is -2.55. The van der Waals surface area contributed by atoms with Crippen LogP contribution in [0.25, 0.3) is 6.08 Å². The highest BCUT2D eigenvalue weighted by molar-refractivity contribution is 8.26. The van der Waals surface area contributed by atoms with Crippen LogP contribution >= 0.6 is 35.6 Å². The Morgan fingerprint density at radius 1 is 1.20 bits per heavy atom. The van der Waals surface area contributed by atoms with Gasteiger partial charge in [0.1, 0.15) is 4.32 Å². The van der Waals surface area contributed by atoms with Crippen LogP contribution in [0.2, 0.25) is 5.02 Å². The van der Waals surface area contributed by atoms with E-state index < -0.39 is 0 Å². The van der Waals surface area contributed by atoms with Gasteiger partial charge in [-0.15, -0.1) is 0 Å². The van der Waals surface area contributed by atoms with Crippen LogP contribution in [0.4, 0.5) is 5.69 Å². The van der Waals surface area contributed by atoms with Crippen molar-refractivity contribution in [2.75, 3.05) is 25.1 Å². The first-order valence-corrected chi connectivity index (χ1v) is 13.0. The number of amides is 2. The normalized spacial score (nSPS) is 14.5. The first kappa shape index (κ1) is 27.0. The minimum Gasteiger partial charge on any atom is -0.490 e. The summed E-state index contributed by atoms with van der Waals surface area (Å²) >= 11 is 13.2. The molecule has 2 amide bonds. The van der Waals surface area contributed by atoms with E-state index >= 15 is 0 Å². The van der Waals surface area contributed by atoms with Gasteiger partial charge < -0.3 is 14.8 Å². The molecule has 0 spiro atoms. The molecule has 1 aliphatic heterocycles. The molecule has 0 radical (unpaired) electrons. The predicted octanol–water partition coefficient (Wildman–Crippen LogP) is 6.37. The lowest BCUT2D eigenvalue weighted by molar-refractivity contribution is -0.122. The fourth-order valence-corrected chi connectivity index (χ4v) is 5.09. The highest BCUT2D eigenvalue weighted by atomic mass is 35.5. The van der Waals surface area contributed by atoms with E-state index in [-0.39, 0.29) is 29.2 Å². The summed E-state index contributed by atoms with van der Waals surface area (Å²) in [4.78, 5) is 27.4. The van der Waals surface area contributed by atoms with Crippen molar-refractivity contribution >= 4 is 63.5 Å². The van der Waals surface area contributed by atoms with Gasteiger partial charge in [0.15, 0.2) is 18.1 Å². The van der Waals surface area contributed by atoms with Crippen molar-refractivity contribution in [1.82, 2.24) is 4.90 Å². The zero-order valence-corrected chi connectivity index (χ0v) is 22.7. The van der Waals surface area contributed by atoms with Gasteiger partial charge in [-0.3, -0.25) is 14.5 Å². The van der Waals surface area contributed by atoms with E-state index in [2.05, 4.69) is 12.2 Å². The summed E-state index contributed by atoms with van der Waals surface area (Å²) in [7, 11) is 0. The second-order valence-electron chi connectivity index (χ2n) is 8.11. The molecule has 2 aromatic carbocycles. The van der Waals surface area contributed by atoms with Crippen LogP contribution in [0.5, 0.6) is 11.5 Å². The lowest BCUT2D eigenvalue weighted by Crippen LogP contribution is -2.28. The largest absolute Gasteiger partial charge is 0.490 e. The molecular weight excluding hydrogens is 504 g/mol. The van der Waals surface area contributed by atoms with E-state index in [1.165, 1.54) is 11.8 Å². The quantitative estimate of drug-likeness (QED) is 0.283. The van der Waals surface area contributed by atoms with Gasteiger partial charge in [-0.1, -0.05) is 66.6 Å². The Kier molecular flexibility index (Phi) is 9.60. The first-order valence-electron chi connectivity index (χ1n) is 11.4. The Labute approximate surface area is 221 Å². The van der Waals surface area contributed by atoms with E-state index in [9.17, 15) is 9.59 Å². The second kappa shape index (κ2) is 12.4. The average molecular weight is 533 g/mol. The number of carbonyl (C=O) groups excluding carboxylic acids is 2. The highest BCUT2D eigenvalue weighted by Gasteiger charge is 2.31. The third-order valence-electron chi connectivity index (χ3n) is 5.24. The van der Waals surface area contributed by atoms with Gasteiger partial charge in [-0.2, -0.15) is 0 Å². The SMILES string of the molecule is CCCCN1C(=O)/C(=C/c2cc(Cl)c(OCC(=O)Nc3ccc(C)cc3C)c(OCC)c2)SC1=S. The number of thiocarbonyl (C=S) groups is 1. The van der Waals surface area contributed by atoms with Crippen LogP contribution < -0.4 is 14.8 Å². The summed E-state index contributed by atoms with van der Waals surface area (Å²) in [6, 6.07) is 9.22. The van der Waals surface area contributed by atoms with Crippen LogP contribution in [0.1, 0.15) is 43.4 Å². The van der Waals surface area contributed by atoms with Crippen LogP contribution in [-0.2, 0) is 9.59 Å². The summed E-state index contributed by atoms with van der Waals surface area (Å²) < 4.78 is 12.0. The third-order valence-corrected chi connectivity index (χ3v) is 6.90. The number of aryl methyl sites for hydroxylation is 2. The molecule has 1 saturated heterocycles. The molecule has 3 rings (SSSR count). The van der Waals surface area contributed by atoms with Gasteiger partial charge in [0.25, 0.3) is 11.8 Å². The Morgan fingerprint density at radius 2 is 1.97 bits per heavy atom. The number of rotatable bonds is 10. The number of hydrogen-bond acceptors (Lipinski definition) is 6. The van der Waals surface area contributed by atoms with Gasteiger partial charge >= 0.3 is 0 Å². The molecule has 35 heavy (non-hydrogen) atoms. The maximum atomic E-state index is 12.8. The summed E-state index contributed by atoms with van der Waals surface area (Å²) in [5.74, 6) is 0.255. The number of ether oxygens (including phenoxy) is 2. The third kappa shape index (κ3) is 6.99. The zero-order chi connectivity index (χ0) is 25.5. The summed E-state index contributed by atoms with van der Waals surface area (Å²) in [6.07, 6.45) is 3.62. The maximum Gasteiger partial charge on any atom is 0.266 e. The number of benzene rings is 2. The molecule has 1 N–H and O–H groups in total. The lowest BCUT2D eigenvalue weighted by atomic mass is 10.1. The molecule has 0 aliphatic carbocycles. The predicted molar refractivity (Wildman–Crippen MR) is 147 cm³/mol. The van der Waals surface area contributed by atoms with Crippen molar-refractivity contribution in [2.45, 2.75) is 40.5 Å². The second-order valence-corrected chi connectivity index (χ2v) is 10.2. The van der Waals surface area contributed by atoms with Crippen molar-refractivity contribution in [2.24, 2.45) is 0 Å². The molecule has 9 heteroatoms. The maximum absolute atomic E-state index is 12.8. The number of anilines is 1.